The Kier molecular flexibility index (Phi) is 6.67. The highest BCUT2D eigenvalue weighted by Gasteiger charge is 2.45. The van der Waals surface area contributed by atoms with Gasteiger partial charge < -0.3 is 9.47 Å². The van der Waals surface area contributed by atoms with Crippen molar-refractivity contribution in [2.45, 2.75) is 71.6 Å². The second kappa shape index (κ2) is 8.82. The van der Waals surface area contributed by atoms with E-state index in [-0.39, 0.29) is 11.2 Å². The van der Waals surface area contributed by atoms with E-state index in [0.717, 1.165) is 29.8 Å². The number of hydrogen-bond donors (Lipinski definition) is 0. The Balaban J connectivity index is 2.10. The molecule has 9 nitrogen and oxygen atoms in total. The third-order valence-electron chi connectivity index (χ3n) is 5.73. The van der Waals surface area contributed by atoms with Crippen LogP contribution < -0.4 is 11.2 Å². The molecule has 1 amide bonds. The molecule has 0 atom stereocenters. The SMILES string of the molecule is CCC1(n2c(=O)c3c(C)c(/C=N/N(C)C(=O)OC(C)(C)C)sc3n(CCOC)c2=O)CC1. The molecular weight excluding hydrogens is 432 g/mol. The van der Waals surface area contributed by atoms with E-state index < -0.39 is 17.2 Å². The fourth-order valence-electron chi connectivity index (χ4n) is 3.68. The van der Waals surface area contributed by atoms with Crippen molar-refractivity contribution >= 4 is 33.9 Å². The van der Waals surface area contributed by atoms with E-state index >= 15 is 0 Å². The second-order valence-electron chi connectivity index (χ2n) is 9.17. The fourth-order valence-corrected chi connectivity index (χ4v) is 4.86. The minimum absolute atomic E-state index is 0.257. The van der Waals surface area contributed by atoms with Crippen LogP contribution in [0.5, 0.6) is 0 Å². The average Bonchev–Trinajstić information content (AvgIpc) is 3.42. The summed E-state index contributed by atoms with van der Waals surface area (Å²) in [6.45, 7) is 9.90. The minimum atomic E-state index is -0.630. The molecule has 2 heterocycles. The van der Waals surface area contributed by atoms with Gasteiger partial charge in [0.25, 0.3) is 5.56 Å². The summed E-state index contributed by atoms with van der Waals surface area (Å²) in [7, 11) is 3.09. The van der Waals surface area contributed by atoms with E-state index in [1.807, 2.05) is 13.8 Å². The van der Waals surface area contributed by atoms with Gasteiger partial charge >= 0.3 is 11.8 Å². The van der Waals surface area contributed by atoms with Gasteiger partial charge in [-0.15, -0.1) is 11.3 Å². The molecule has 1 fully saturated rings. The van der Waals surface area contributed by atoms with Gasteiger partial charge in [-0.1, -0.05) is 6.92 Å². The predicted octanol–water partition coefficient (Wildman–Crippen LogP) is 3.28. The molecule has 0 saturated heterocycles. The van der Waals surface area contributed by atoms with Crippen LogP contribution in [0.25, 0.3) is 10.2 Å². The number of thiophene rings is 1. The Morgan fingerprint density at radius 2 is 1.97 bits per heavy atom. The first-order valence-corrected chi connectivity index (χ1v) is 11.6. The van der Waals surface area contributed by atoms with Crippen molar-refractivity contribution in [3.05, 3.63) is 31.3 Å². The van der Waals surface area contributed by atoms with Gasteiger partial charge in [-0.3, -0.25) is 13.9 Å². The smallest absolute Gasteiger partial charge is 0.430 e. The number of fused-ring (bicyclic) bond motifs is 1. The number of hydrogen-bond acceptors (Lipinski definition) is 7. The largest absolute Gasteiger partial charge is 0.442 e. The maximum Gasteiger partial charge on any atom is 0.430 e. The maximum atomic E-state index is 13.5. The van der Waals surface area contributed by atoms with E-state index in [0.29, 0.717) is 28.2 Å². The van der Waals surface area contributed by atoms with Crippen molar-refractivity contribution in [2.75, 3.05) is 20.8 Å². The molecule has 0 unspecified atom stereocenters. The Hall–Kier alpha value is -2.46. The Morgan fingerprint density at radius 1 is 1.31 bits per heavy atom. The molecule has 2 aromatic heterocycles. The summed E-state index contributed by atoms with van der Waals surface area (Å²) in [5, 5.41) is 5.83. The van der Waals surface area contributed by atoms with Crippen molar-refractivity contribution in [1.29, 1.82) is 0 Å². The topological polar surface area (TPSA) is 95.1 Å². The van der Waals surface area contributed by atoms with Crippen molar-refractivity contribution < 1.29 is 14.3 Å². The van der Waals surface area contributed by atoms with Gasteiger partial charge in [0.1, 0.15) is 10.4 Å². The standard InChI is InChI=1S/C22H32N4O5S/c1-8-22(9-10-22)26-17(27)16-14(2)15(13-23-24(6)20(29)31-21(3,4)5)32-18(16)25(19(26)28)11-12-30-7/h13H,8-12H2,1-7H3/b23-13+. The van der Waals surface area contributed by atoms with E-state index in [2.05, 4.69) is 5.10 Å². The number of carbonyl (C=O) groups is 1. The normalized spacial score (nSPS) is 15.5. The summed E-state index contributed by atoms with van der Waals surface area (Å²) in [5.74, 6) is 0. The number of ether oxygens (including phenoxy) is 2. The predicted molar refractivity (Wildman–Crippen MR) is 126 cm³/mol. The van der Waals surface area contributed by atoms with E-state index in [1.165, 1.54) is 29.2 Å². The lowest BCUT2D eigenvalue weighted by Crippen LogP contribution is -2.45. The number of rotatable bonds is 7. The zero-order chi connectivity index (χ0) is 23.8. The van der Waals surface area contributed by atoms with Crippen LogP contribution in [0.4, 0.5) is 4.79 Å². The molecule has 1 aliphatic rings. The van der Waals surface area contributed by atoms with E-state index in [4.69, 9.17) is 9.47 Å². The van der Waals surface area contributed by atoms with Gasteiger partial charge in [0.05, 0.1) is 35.2 Å². The van der Waals surface area contributed by atoms with Gasteiger partial charge in [-0.05, 0) is 52.5 Å². The fraction of sp³-hybridized carbons (Fsp3) is 0.636. The lowest BCUT2D eigenvalue weighted by Gasteiger charge is -2.21. The summed E-state index contributed by atoms with van der Waals surface area (Å²) < 4.78 is 13.6. The molecule has 0 bridgehead atoms. The number of aryl methyl sites for hydroxylation is 1. The number of carbonyl (C=O) groups excluding carboxylic acids is 1. The molecule has 3 rings (SSSR count). The zero-order valence-electron chi connectivity index (χ0n) is 19.9. The number of aromatic nitrogens is 2. The van der Waals surface area contributed by atoms with Crippen molar-refractivity contribution in [1.82, 2.24) is 14.1 Å². The van der Waals surface area contributed by atoms with Crippen LogP contribution in [0.2, 0.25) is 0 Å². The quantitative estimate of drug-likeness (QED) is 0.463. The summed E-state index contributed by atoms with van der Waals surface area (Å²) >= 11 is 1.31. The highest BCUT2D eigenvalue weighted by atomic mass is 32.1. The Labute approximate surface area is 191 Å². The van der Waals surface area contributed by atoms with Crippen LogP contribution in [0.3, 0.4) is 0 Å². The molecule has 1 saturated carbocycles. The number of amides is 1. The van der Waals surface area contributed by atoms with Crippen molar-refractivity contribution in [3.8, 4) is 0 Å². The molecule has 0 radical (unpaired) electrons. The highest BCUT2D eigenvalue weighted by Crippen LogP contribution is 2.45. The first-order valence-electron chi connectivity index (χ1n) is 10.7. The van der Waals surface area contributed by atoms with E-state index in [9.17, 15) is 14.4 Å². The van der Waals surface area contributed by atoms with Gasteiger partial charge in [-0.2, -0.15) is 5.10 Å². The molecule has 2 aromatic rings. The summed E-state index contributed by atoms with van der Waals surface area (Å²) in [5.41, 5.74) is -0.837. The van der Waals surface area contributed by atoms with Crippen LogP contribution >= 0.6 is 11.3 Å². The van der Waals surface area contributed by atoms with Gasteiger partial charge in [0.2, 0.25) is 0 Å². The third kappa shape index (κ3) is 4.52. The number of methoxy groups -OCH3 is 1. The third-order valence-corrected chi connectivity index (χ3v) is 6.98. The van der Waals surface area contributed by atoms with Gasteiger partial charge in [0.15, 0.2) is 0 Å². The molecule has 1 aliphatic carbocycles. The Bertz CT molecular complexity index is 1160. The average molecular weight is 465 g/mol. The molecular formula is C22H32N4O5S. The van der Waals surface area contributed by atoms with Crippen LogP contribution in [-0.4, -0.2) is 52.8 Å². The first-order chi connectivity index (χ1) is 15.0. The van der Waals surface area contributed by atoms with Crippen LogP contribution in [-0.2, 0) is 21.6 Å². The monoisotopic (exact) mass is 464 g/mol. The maximum absolute atomic E-state index is 13.5. The van der Waals surface area contributed by atoms with Crippen LogP contribution in [0.1, 0.15) is 57.4 Å². The van der Waals surface area contributed by atoms with Crippen LogP contribution in [0.15, 0.2) is 14.7 Å². The van der Waals surface area contributed by atoms with Gasteiger partial charge in [0, 0.05) is 14.2 Å². The van der Waals surface area contributed by atoms with Gasteiger partial charge in [-0.25, -0.2) is 14.6 Å². The van der Waals surface area contributed by atoms with E-state index in [1.54, 1.807) is 32.4 Å². The molecule has 10 heteroatoms. The molecule has 0 aromatic carbocycles. The minimum Gasteiger partial charge on any atom is -0.442 e. The summed E-state index contributed by atoms with van der Waals surface area (Å²) in [6.07, 6.45) is 3.34. The lowest BCUT2D eigenvalue weighted by atomic mass is 10.1. The molecule has 0 N–H and O–H groups in total. The summed E-state index contributed by atoms with van der Waals surface area (Å²) in [4.78, 5) is 40.3. The first kappa shape index (κ1) is 24.2. The lowest BCUT2D eigenvalue weighted by molar-refractivity contribution is 0.0304. The van der Waals surface area contributed by atoms with Crippen molar-refractivity contribution in [2.24, 2.45) is 5.10 Å². The second-order valence-corrected chi connectivity index (χ2v) is 10.2. The number of hydrazone groups is 1. The highest BCUT2D eigenvalue weighted by molar-refractivity contribution is 7.20. The molecule has 176 valence electrons. The van der Waals surface area contributed by atoms with Crippen molar-refractivity contribution in [3.63, 3.8) is 0 Å². The van der Waals surface area contributed by atoms with Crippen LogP contribution in [0, 0.1) is 6.92 Å². The molecule has 32 heavy (non-hydrogen) atoms. The molecule has 0 spiro atoms. The Morgan fingerprint density at radius 3 is 2.50 bits per heavy atom. The molecule has 0 aliphatic heterocycles. The summed E-state index contributed by atoms with van der Waals surface area (Å²) in [6, 6.07) is 0. The number of nitrogens with zero attached hydrogens (tertiary/aromatic N) is 4. The zero-order valence-corrected chi connectivity index (χ0v) is 20.7.